The van der Waals surface area contributed by atoms with Gasteiger partial charge in [0, 0.05) is 6.54 Å². The minimum atomic E-state index is -0.393. The number of aliphatic hydroxyl groups excluding tert-OH is 1. The van der Waals surface area contributed by atoms with Crippen LogP contribution in [0.15, 0.2) is 24.3 Å². The SMILES string of the molecule is CC1CCC(CNCC(O)c2ccc(C(C)C)cc2)C1. The number of benzene rings is 1. The normalized spacial score (nSPS) is 24.2. The Hall–Kier alpha value is -0.860. The topological polar surface area (TPSA) is 32.3 Å². The van der Waals surface area contributed by atoms with Gasteiger partial charge in [-0.3, -0.25) is 0 Å². The van der Waals surface area contributed by atoms with Gasteiger partial charge < -0.3 is 10.4 Å². The average Bonchev–Trinajstić information content (AvgIpc) is 2.84. The Bertz CT molecular complexity index is 398. The van der Waals surface area contributed by atoms with Crippen LogP contribution in [0.1, 0.15) is 63.2 Å². The van der Waals surface area contributed by atoms with E-state index in [0.29, 0.717) is 12.5 Å². The van der Waals surface area contributed by atoms with Gasteiger partial charge in [0.05, 0.1) is 6.10 Å². The van der Waals surface area contributed by atoms with Crippen LogP contribution in [0.25, 0.3) is 0 Å². The molecule has 3 atom stereocenters. The third-order valence-electron chi connectivity index (χ3n) is 4.56. The molecule has 0 amide bonds. The largest absolute Gasteiger partial charge is 0.387 e. The number of nitrogens with one attached hydrogen (secondary N) is 1. The van der Waals surface area contributed by atoms with Gasteiger partial charge in [-0.05, 0) is 48.3 Å². The first-order valence-electron chi connectivity index (χ1n) is 8.05. The highest BCUT2D eigenvalue weighted by Gasteiger charge is 2.21. The van der Waals surface area contributed by atoms with E-state index in [1.165, 1.54) is 24.8 Å². The Morgan fingerprint density at radius 3 is 2.35 bits per heavy atom. The van der Waals surface area contributed by atoms with Crippen LogP contribution in [0.4, 0.5) is 0 Å². The summed E-state index contributed by atoms with van der Waals surface area (Å²) in [5.74, 6) is 2.24. The molecule has 0 heterocycles. The Morgan fingerprint density at radius 1 is 1.15 bits per heavy atom. The molecule has 1 aromatic carbocycles. The number of hydrogen-bond acceptors (Lipinski definition) is 2. The monoisotopic (exact) mass is 275 g/mol. The Morgan fingerprint density at radius 2 is 1.80 bits per heavy atom. The van der Waals surface area contributed by atoms with Crippen molar-refractivity contribution in [1.82, 2.24) is 5.32 Å². The summed E-state index contributed by atoms with van der Waals surface area (Å²) in [7, 11) is 0. The minimum Gasteiger partial charge on any atom is -0.387 e. The first kappa shape index (κ1) is 15.5. The van der Waals surface area contributed by atoms with Gasteiger partial charge in [0.2, 0.25) is 0 Å². The third kappa shape index (κ3) is 4.32. The maximum atomic E-state index is 10.2. The second-order valence-corrected chi connectivity index (χ2v) is 6.78. The summed E-state index contributed by atoms with van der Waals surface area (Å²) in [5, 5.41) is 13.6. The molecule has 2 rings (SSSR count). The highest BCUT2D eigenvalue weighted by molar-refractivity contribution is 5.26. The van der Waals surface area contributed by atoms with Gasteiger partial charge in [-0.25, -0.2) is 0 Å². The zero-order valence-electron chi connectivity index (χ0n) is 13.1. The lowest BCUT2D eigenvalue weighted by Gasteiger charge is -2.16. The Balaban J connectivity index is 1.75. The molecular formula is C18H29NO. The molecule has 20 heavy (non-hydrogen) atoms. The maximum Gasteiger partial charge on any atom is 0.0914 e. The molecule has 1 aliphatic carbocycles. The number of rotatable bonds is 6. The molecule has 0 bridgehead atoms. The highest BCUT2D eigenvalue weighted by atomic mass is 16.3. The summed E-state index contributed by atoms with van der Waals surface area (Å²) in [5.41, 5.74) is 2.34. The predicted octanol–water partition coefficient (Wildman–Crippen LogP) is 3.87. The van der Waals surface area contributed by atoms with E-state index in [1.54, 1.807) is 0 Å². The van der Waals surface area contributed by atoms with Crippen molar-refractivity contribution < 1.29 is 5.11 Å². The van der Waals surface area contributed by atoms with E-state index in [-0.39, 0.29) is 0 Å². The van der Waals surface area contributed by atoms with Crippen molar-refractivity contribution >= 4 is 0 Å². The maximum absolute atomic E-state index is 10.2. The van der Waals surface area contributed by atoms with E-state index in [9.17, 15) is 5.11 Å². The molecule has 0 spiro atoms. The molecule has 0 saturated heterocycles. The lowest BCUT2D eigenvalue weighted by atomic mass is 10.00. The Kier molecular flexibility index (Phi) is 5.62. The quantitative estimate of drug-likeness (QED) is 0.826. The molecule has 0 aromatic heterocycles. The molecule has 3 unspecified atom stereocenters. The number of aliphatic hydroxyl groups is 1. The molecule has 1 saturated carbocycles. The second kappa shape index (κ2) is 7.24. The standard InChI is InChI=1S/C18H29NO/c1-13(2)16-6-8-17(9-7-16)18(20)12-19-11-15-5-4-14(3)10-15/h6-9,13-15,18-20H,4-5,10-12H2,1-3H3. The van der Waals surface area contributed by atoms with Gasteiger partial charge in [-0.15, -0.1) is 0 Å². The molecular weight excluding hydrogens is 246 g/mol. The van der Waals surface area contributed by atoms with Gasteiger partial charge in [-0.2, -0.15) is 0 Å². The van der Waals surface area contributed by atoms with Gasteiger partial charge in [0.15, 0.2) is 0 Å². The van der Waals surface area contributed by atoms with E-state index in [4.69, 9.17) is 0 Å². The molecule has 1 aliphatic rings. The van der Waals surface area contributed by atoms with E-state index < -0.39 is 6.10 Å². The van der Waals surface area contributed by atoms with Crippen LogP contribution in [0.3, 0.4) is 0 Å². The van der Waals surface area contributed by atoms with Crippen LogP contribution in [0.5, 0.6) is 0 Å². The summed E-state index contributed by atoms with van der Waals surface area (Å²) in [4.78, 5) is 0. The second-order valence-electron chi connectivity index (χ2n) is 6.78. The van der Waals surface area contributed by atoms with E-state index >= 15 is 0 Å². The fourth-order valence-electron chi connectivity index (χ4n) is 3.16. The van der Waals surface area contributed by atoms with Crippen molar-refractivity contribution in [2.24, 2.45) is 11.8 Å². The number of hydrogen-bond donors (Lipinski definition) is 2. The minimum absolute atomic E-state index is 0.393. The summed E-state index contributed by atoms with van der Waals surface area (Å²) >= 11 is 0. The zero-order chi connectivity index (χ0) is 14.5. The lowest BCUT2D eigenvalue weighted by molar-refractivity contribution is 0.172. The van der Waals surface area contributed by atoms with Crippen LogP contribution in [-0.2, 0) is 0 Å². The van der Waals surface area contributed by atoms with Crippen molar-refractivity contribution in [3.63, 3.8) is 0 Å². The summed E-state index contributed by atoms with van der Waals surface area (Å²) in [6.45, 7) is 8.42. The van der Waals surface area contributed by atoms with Crippen LogP contribution in [0, 0.1) is 11.8 Å². The summed E-state index contributed by atoms with van der Waals surface area (Å²) in [6, 6.07) is 8.36. The van der Waals surface area contributed by atoms with Crippen LogP contribution in [0.2, 0.25) is 0 Å². The van der Waals surface area contributed by atoms with Crippen LogP contribution in [-0.4, -0.2) is 18.2 Å². The van der Waals surface area contributed by atoms with Gasteiger partial charge in [0.1, 0.15) is 0 Å². The molecule has 1 aromatic rings. The molecule has 0 radical (unpaired) electrons. The molecule has 1 fully saturated rings. The predicted molar refractivity (Wildman–Crippen MR) is 84.9 cm³/mol. The van der Waals surface area contributed by atoms with E-state index in [1.807, 2.05) is 0 Å². The van der Waals surface area contributed by atoms with Gasteiger partial charge in [-0.1, -0.05) is 51.5 Å². The summed E-state index contributed by atoms with van der Waals surface area (Å²) < 4.78 is 0. The average molecular weight is 275 g/mol. The first-order valence-corrected chi connectivity index (χ1v) is 8.05. The first-order chi connectivity index (χ1) is 9.56. The summed E-state index contributed by atoms with van der Waals surface area (Å²) in [6.07, 6.45) is 3.65. The van der Waals surface area contributed by atoms with Crippen molar-refractivity contribution in [2.75, 3.05) is 13.1 Å². The fourth-order valence-corrected chi connectivity index (χ4v) is 3.16. The van der Waals surface area contributed by atoms with Crippen molar-refractivity contribution in [3.8, 4) is 0 Å². The smallest absolute Gasteiger partial charge is 0.0914 e. The van der Waals surface area contributed by atoms with Crippen LogP contribution >= 0.6 is 0 Å². The molecule has 2 N–H and O–H groups in total. The molecule has 112 valence electrons. The lowest BCUT2D eigenvalue weighted by Crippen LogP contribution is -2.26. The highest BCUT2D eigenvalue weighted by Crippen LogP contribution is 2.29. The van der Waals surface area contributed by atoms with Gasteiger partial charge in [0.25, 0.3) is 0 Å². The molecule has 2 heteroatoms. The Labute approximate surface area is 123 Å². The van der Waals surface area contributed by atoms with E-state index in [0.717, 1.165) is 23.9 Å². The molecule has 2 nitrogen and oxygen atoms in total. The van der Waals surface area contributed by atoms with Crippen LogP contribution < -0.4 is 5.32 Å². The van der Waals surface area contributed by atoms with Crippen molar-refractivity contribution in [2.45, 2.75) is 52.1 Å². The fraction of sp³-hybridized carbons (Fsp3) is 0.667. The van der Waals surface area contributed by atoms with E-state index in [2.05, 4.69) is 50.4 Å². The van der Waals surface area contributed by atoms with Gasteiger partial charge >= 0.3 is 0 Å². The zero-order valence-corrected chi connectivity index (χ0v) is 13.1. The molecule has 0 aliphatic heterocycles. The van der Waals surface area contributed by atoms with Crippen molar-refractivity contribution in [1.29, 1.82) is 0 Å². The van der Waals surface area contributed by atoms with Crippen molar-refractivity contribution in [3.05, 3.63) is 35.4 Å². The third-order valence-corrected chi connectivity index (χ3v) is 4.56.